The molecule has 1 aliphatic rings. The Kier molecular flexibility index (Phi) is 4.86. The zero-order valence-corrected chi connectivity index (χ0v) is 11.9. The van der Waals surface area contributed by atoms with Crippen molar-refractivity contribution < 1.29 is 4.79 Å². The second-order valence-electron chi connectivity index (χ2n) is 4.84. The first kappa shape index (κ1) is 13.6. The minimum Gasteiger partial charge on any atom is -0.328 e. The number of Topliss-reactive ketones (excluding diaryl/α,β-unsaturated/α-hetero) is 1. The maximum absolute atomic E-state index is 12.0. The Labute approximate surface area is 116 Å². The van der Waals surface area contributed by atoms with Crippen molar-refractivity contribution in [3.05, 3.63) is 28.5 Å². The highest BCUT2D eigenvalue weighted by molar-refractivity contribution is 9.10. The third-order valence-corrected chi connectivity index (χ3v) is 3.63. The van der Waals surface area contributed by atoms with Crippen molar-refractivity contribution in [2.24, 2.45) is 5.73 Å². The van der Waals surface area contributed by atoms with E-state index in [9.17, 15) is 4.79 Å². The molecule has 0 bridgehead atoms. The lowest BCUT2D eigenvalue weighted by Gasteiger charge is -2.29. The van der Waals surface area contributed by atoms with E-state index in [1.807, 2.05) is 6.07 Å². The predicted octanol–water partition coefficient (Wildman–Crippen LogP) is 1.38. The van der Waals surface area contributed by atoms with E-state index in [-0.39, 0.29) is 5.78 Å². The number of nitrogens with zero attached hydrogens (tertiary/aromatic N) is 2. The summed E-state index contributed by atoms with van der Waals surface area (Å²) < 4.78 is 0.914. The van der Waals surface area contributed by atoms with Crippen LogP contribution < -0.4 is 5.73 Å². The van der Waals surface area contributed by atoms with Gasteiger partial charge in [-0.15, -0.1) is 0 Å². The fraction of sp³-hybridized carbons (Fsp3) is 0.538. The van der Waals surface area contributed by atoms with E-state index >= 15 is 0 Å². The average molecular weight is 312 g/mol. The summed E-state index contributed by atoms with van der Waals surface area (Å²) in [7, 11) is 0. The van der Waals surface area contributed by atoms with E-state index in [0.717, 1.165) is 36.0 Å². The van der Waals surface area contributed by atoms with Crippen molar-refractivity contribution in [2.45, 2.75) is 25.3 Å². The summed E-state index contributed by atoms with van der Waals surface area (Å²) in [5.74, 6) is 0.241. The first-order valence-corrected chi connectivity index (χ1v) is 7.02. The molecule has 2 rings (SSSR count). The summed E-state index contributed by atoms with van der Waals surface area (Å²) in [4.78, 5) is 18.2. The zero-order chi connectivity index (χ0) is 13.0. The molecule has 0 aromatic carbocycles. The van der Waals surface area contributed by atoms with Crippen LogP contribution in [0.5, 0.6) is 0 Å². The average Bonchev–Trinajstić information content (AvgIpc) is 2.32. The van der Waals surface area contributed by atoms with Gasteiger partial charge >= 0.3 is 0 Å². The van der Waals surface area contributed by atoms with Gasteiger partial charge in [0.1, 0.15) is 0 Å². The van der Waals surface area contributed by atoms with Crippen LogP contribution in [0.4, 0.5) is 0 Å². The Balaban J connectivity index is 1.82. The van der Waals surface area contributed by atoms with Crippen molar-refractivity contribution in [2.75, 3.05) is 19.6 Å². The van der Waals surface area contributed by atoms with E-state index in [0.29, 0.717) is 19.0 Å². The standard InChI is InChI=1S/C13H18BrN3O/c14-11-5-10(7-16-8-11)6-13(18)9-17-3-1-12(15)2-4-17/h5,7-8,12H,1-4,6,9,15H2. The quantitative estimate of drug-likeness (QED) is 0.912. The monoisotopic (exact) mass is 311 g/mol. The molecule has 0 unspecified atom stereocenters. The second kappa shape index (κ2) is 6.41. The maximum atomic E-state index is 12.0. The number of rotatable bonds is 4. The molecule has 0 aliphatic carbocycles. The molecule has 0 spiro atoms. The number of halogens is 1. The summed E-state index contributed by atoms with van der Waals surface area (Å²) in [6.45, 7) is 2.40. The SMILES string of the molecule is NC1CCN(CC(=O)Cc2cncc(Br)c2)CC1. The van der Waals surface area contributed by atoms with Crippen LogP contribution in [0.25, 0.3) is 0 Å². The maximum Gasteiger partial charge on any atom is 0.151 e. The van der Waals surface area contributed by atoms with E-state index in [1.54, 1.807) is 12.4 Å². The molecule has 2 N–H and O–H groups in total. The van der Waals surface area contributed by atoms with Gasteiger partial charge in [-0.05, 0) is 40.4 Å². The van der Waals surface area contributed by atoms with Gasteiger partial charge in [-0.2, -0.15) is 0 Å². The third kappa shape index (κ3) is 4.15. The zero-order valence-electron chi connectivity index (χ0n) is 10.3. The molecule has 18 heavy (non-hydrogen) atoms. The minimum absolute atomic E-state index is 0.241. The molecule has 1 saturated heterocycles. The molecule has 2 heterocycles. The normalized spacial score (nSPS) is 17.9. The van der Waals surface area contributed by atoms with Crippen LogP contribution in [0.3, 0.4) is 0 Å². The highest BCUT2D eigenvalue weighted by Gasteiger charge is 2.18. The molecule has 1 aliphatic heterocycles. The first-order chi connectivity index (χ1) is 8.63. The Bertz CT molecular complexity index is 416. The van der Waals surface area contributed by atoms with Crippen LogP contribution in [0.2, 0.25) is 0 Å². The Morgan fingerprint density at radius 3 is 2.83 bits per heavy atom. The number of nitrogens with two attached hydrogens (primary N) is 1. The number of pyridine rings is 1. The van der Waals surface area contributed by atoms with Gasteiger partial charge in [0, 0.05) is 42.4 Å². The van der Waals surface area contributed by atoms with Crippen molar-refractivity contribution in [3.63, 3.8) is 0 Å². The van der Waals surface area contributed by atoms with Crippen LogP contribution in [0.15, 0.2) is 22.9 Å². The number of aromatic nitrogens is 1. The molecule has 1 aromatic heterocycles. The van der Waals surface area contributed by atoms with E-state index in [4.69, 9.17) is 5.73 Å². The van der Waals surface area contributed by atoms with Gasteiger partial charge in [0.05, 0.1) is 6.54 Å². The third-order valence-electron chi connectivity index (χ3n) is 3.19. The van der Waals surface area contributed by atoms with Crippen LogP contribution in [0.1, 0.15) is 18.4 Å². The number of ketones is 1. The van der Waals surface area contributed by atoms with Crippen molar-refractivity contribution >= 4 is 21.7 Å². The number of carbonyl (C=O) groups is 1. The van der Waals surface area contributed by atoms with Gasteiger partial charge in [-0.25, -0.2) is 0 Å². The Hall–Kier alpha value is -0.780. The molecule has 0 saturated carbocycles. The van der Waals surface area contributed by atoms with Gasteiger partial charge in [0.15, 0.2) is 5.78 Å². The van der Waals surface area contributed by atoms with Gasteiger partial charge in [0.2, 0.25) is 0 Å². The molecule has 98 valence electrons. The molecule has 0 atom stereocenters. The predicted molar refractivity (Wildman–Crippen MR) is 74.3 cm³/mol. The van der Waals surface area contributed by atoms with Crippen molar-refractivity contribution in [3.8, 4) is 0 Å². The fourth-order valence-corrected chi connectivity index (χ4v) is 2.61. The minimum atomic E-state index is 0.241. The van der Waals surface area contributed by atoms with Crippen LogP contribution in [-0.4, -0.2) is 41.3 Å². The Morgan fingerprint density at radius 1 is 1.44 bits per heavy atom. The second-order valence-corrected chi connectivity index (χ2v) is 5.76. The van der Waals surface area contributed by atoms with E-state index < -0.39 is 0 Å². The summed E-state index contributed by atoms with van der Waals surface area (Å²) >= 11 is 3.36. The van der Waals surface area contributed by atoms with Crippen molar-refractivity contribution in [1.82, 2.24) is 9.88 Å². The van der Waals surface area contributed by atoms with Gasteiger partial charge in [0.25, 0.3) is 0 Å². The van der Waals surface area contributed by atoms with Crippen LogP contribution >= 0.6 is 15.9 Å². The highest BCUT2D eigenvalue weighted by Crippen LogP contribution is 2.11. The molecule has 1 fully saturated rings. The molecular weight excluding hydrogens is 294 g/mol. The van der Waals surface area contributed by atoms with Crippen LogP contribution in [0, 0.1) is 0 Å². The first-order valence-electron chi connectivity index (χ1n) is 6.22. The van der Waals surface area contributed by atoms with Gasteiger partial charge in [-0.1, -0.05) is 0 Å². The van der Waals surface area contributed by atoms with Gasteiger partial charge < -0.3 is 5.73 Å². The number of piperidine rings is 1. The lowest BCUT2D eigenvalue weighted by atomic mass is 10.1. The molecular formula is C13H18BrN3O. The number of likely N-dealkylation sites (tertiary alicyclic amines) is 1. The van der Waals surface area contributed by atoms with Crippen LogP contribution in [-0.2, 0) is 11.2 Å². The lowest BCUT2D eigenvalue weighted by molar-refractivity contribution is -0.119. The summed E-state index contributed by atoms with van der Waals surface area (Å²) in [6.07, 6.45) is 5.90. The molecule has 0 amide bonds. The molecule has 4 nitrogen and oxygen atoms in total. The number of hydrogen-bond donors (Lipinski definition) is 1. The fourth-order valence-electron chi connectivity index (χ4n) is 2.20. The molecule has 0 radical (unpaired) electrons. The summed E-state index contributed by atoms with van der Waals surface area (Å²) in [6, 6.07) is 2.25. The van der Waals surface area contributed by atoms with Gasteiger partial charge in [-0.3, -0.25) is 14.7 Å². The largest absolute Gasteiger partial charge is 0.328 e. The highest BCUT2D eigenvalue weighted by atomic mass is 79.9. The number of carbonyl (C=O) groups excluding carboxylic acids is 1. The van der Waals surface area contributed by atoms with E-state index in [2.05, 4.69) is 25.8 Å². The topological polar surface area (TPSA) is 59.2 Å². The summed E-state index contributed by atoms with van der Waals surface area (Å²) in [5, 5.41) is 0. The Morgan fingerprint density at radius 2 is 2.17 bits per heavy atom. The molecule has 1 aromatic rings. The summed E-state index contributed by atoms with van der Waals surface area (Å²) in [5.41, 5.74) is 6.80. The smallest absolute Gasteiger partial charge is 0.151 e. The molecule has 5 heteroatoms. The van der Waals surface area contributed by atoms with E-state index in [1.165, 1.54) is 0 Å². The number of hydrogen-bond acceptors (Lipinski definition) is 4. The van der Waals surface area contributed by atoms with Crippen molar-refractivity contribution in [1.29, 1.82) is 0 Å². The lowest BCUT2D eigenvalue weighted by Crippen LogP contribution is -2.42.